The molecule has 4 aliphatic carbocycles. The maximum Gasteiger partial charge on any atom is 0.234 e. The highest BCUT2D eigenvalue weighted by Crippen LogP contribution is 2.62. The minimum Gasteiger partial charge on any atom is -0.393 e. The van der Waals surface area contributed by atoms with Gasteiger partial charge in [-0.2, -0.15) is 0 Å². The second kappa shape index (κ2) is 6.59. The van der Waals surface area contributed by atoms with Gasteiger partial charge in [0.15, 0.2) is 0 Å². The monoisotopic (exact) mass is 368 g/mol. The van der Waals surface area contributed by atoms with E-state index in [0.29, 0.717) is 6.54 Å². The van der Waals surface area contributed by atoms with E-state index in [0.717, 1.165) is 44.2 Å². The Balaban J connectivity index is 1.31. The van der Waals surface area contributed by atoms with Gasteiger partial charge in [0, 0.05) is 18.6 Å². The van der Waals surface area contributed by atoms with Crippen molar-refractivity contribution >= 4 is 5.91 Å². The Bertz CT molecular complexity index is 682. The van der Waals surface area contributed by atoms with Crippen molar-refractivity contribution in [3.8, 4) is 0 Å². The summed E-state index contributed by atoms with van der Waals surface area (Å²) >= 11 is 0. The van der Waals surface area contributed by atoms with Gasteiger partial charge in [0.2, 0.25) is 5.91 Å². The van der Waals surface area contributed by atoms with Crippen molar-refractivity contribution in [3.63, 3.8) is 0 Å². The third-order valence-electron chi connectivity index (χ3n) is 7.78. The van der Waals surface area contributed by atoms with Crippen LogP contribution in [-0.2, 0) is 10.2 Å². The average Bonchev–Trinajstić information content (AvgIpc) is 2.63. The van der Waals surface area contributed by atoms with Crippen LogP contribution in [0.15, 0.2) is 30.3 Å². The lowest BCUT2D eigenvalue weighted by atomic mass is 9.45. The van der Waals surface area contributed by atoms with Gasteiger partial charge in [-0.1, -0.05) is 30.3 Å². The molecule has 146 valence electrons. The fourth-order valence-corrected chi connectivity index (χ4v) is 7.15. The number of rotatable bonds is 4. The van der Waals surface area contributed by atoms with Gasteiger partial charge in [0.1, 0.15) is 0 Å². The molecule has 1 aromatic rings. The number of nitrogens with one attached hydrogen (secondary N) is 1. The van der Waals surface area contributed by atoms with Crippen molar-refractivity contribution in [2.24, 2.45) is 11.8 Å². The van der Waals surface area contributed by atoms with Crippen LogP contribution in [0.4, 0.5) is 0 Å². The summed E-state index contributed by atoms with van der Waals surface area (Å²) in [5.74, 6) is 1.71. The second-order valence-corrected chi connectivity index (χ2v) is 9.94. The molecule has 2 N–H and O–H groups in total. The zero-order valence-corrected chi connectivity index (χ0v) is 16.2. The highest BCUT2D eigenvalue weighted by molar-refractivity contribution is 5.79. The van der Waals surface area contributed by atoms with Crippen LogP contribution in [-0.4, -0.2) is 47.2 Å². The van der Waals surface area contributed by atoms with Crippen LogP contribution in [0.1, 0.15) is 56.9 Å². The maximum absolute atomic E-state index is 12.9. The van der Waals surface area contributed by atoms with Crippen molar-refractivity contribution in [1.82, 2.24) is 10.2 Å². The molecule has 5 aliphatic rings. The molecule has 4 saturated carbocycles. The molecule has 6 rings (SSSR count). The van der Waals surface area contributed by atoms with Crippen molar-refractivity contribution in [2.45, 2.75) is 68.4 Å². The molecule has 0 aromatic heterocycles. The lowest BCUT2D eigenvalue weighted by Crippen LogP contribution is -2.65. The van der Waals surface area contributed by atoms with Gasteiger partial charge in [0.25, 0.3) is 0 Å². The highest BCUT2D eigenvalue weighted by Gasteiger charge is 2.58. The lowest BCUT2D eigenvalue weighted by Gasteiger charge is -2.62. The zero-order valence-electron chi connectivity index (χ0n) is 16.2. The van der Waals surface area contributed by atoms with Crippen molar-refractivity contribution in [2.75, 3.05) is 19.6 Å². The molecule has 2 unspecified atom stereocenters. The molecule has 1 saturated heterocycles. The zero-order chi connectivity index (χ0) is 18.5. The summed E-state index contributed by atoms with van der Waals surface area (Å²) in [6, 6.07) is 11.1. The molecule has 27 heavy (non-hydrogen) atoms. The Morgan fingerprint density at radius 3 is 2.41 bits per heavy atom. The first-order chi connectivity index (χ1) is 13.0. The number of aliphatic hydroxyl groups is 1. The van der Waals surface area contributed by atoms with Crippen LogP contribution < -0.4 is 5.32 Å². The molecule has 0 radical (unpaired) electrons. The number of hydrogen-bond donors (Lipinski definition) is 2. The number of likely N-dealkylation sites (tertiary alicyclic amines) is 1. The summed E-state index contributed by atoms with van der Waals surface area (Å²) in [4.78, 5) is 15.1. The standard InChI is InChI=1S/C23H32N2O2/c26-20-6-8-25(9-7-20)15-21(27)24-23-13-17-10-18(14-23)12-22(11-17,16-23)19-4-2-1-3-5-19/h1-5,17-18,20,26H,6-16H2,(H,24,27)/t17-,18+,22?,23?. The highest BCUT2D eigenvalue weighted by atomic mass is 16.3. The minimum absolute atomic E-state index is 0.00626. The smallest absolute Gasteiger partial charge is 0.234 e. The van der Waals surface area contributed by atoms with E-state index in [1.165, 1.54) is 37.7 Å². The summed E-state index contributed by atoms with van der Waals surface area (Å²) in [6.45, 7) is 2.16. The summed E-state index contributed by atoms with van der Waals surface area (Å²) in [5, 5.41) is 13.2. The number of nitrogens with zero attached hydrogens (tertiary/aromatic N) is 1. The number of amides is 1. The minimum atomic E-state index is -0.182. The second-order valence-electron chi connectivity index (χ2n) is 9.94. The van der Waals surface area contributed by atoms with E-state index in [9.17, 15) is 9.90 Å². The Labute approximate surface area is 162 Å². The van der Waals surface area contributed by atoms with Gasteiger partial charge in [-0.15, -0.1) is 0 Å². The first-order valence-electron chi connectivity index (χ1n) is 10.8. The fourth-order valence-electron chi connectivity index (χ4n) is 7.15. The summed E-state index contributed by atoms with van der Waals surface area (Å²) in [6.07, 6.45) is 8.81. The number of carbonyl (C=O) groups is 1. The van der Waals surface area contributed by atoms with E-state index in [4.69, 9.17) is 0 Å². The first kappa shape index (κ1) is 17.7. The van der Waals surface area contributed by atoms with E-state index >= 15 is 0 Å². The molecule has 1 aromatic carbocycles. The van der Waals surface area contributed by atoms with Gasteiger partial charge >= 0.3 is 0 Å². The van der Waals surface area contributed by atoms with E-state index in [1.807, 2.05) is 0 Å². The van der Waals surface area contributed by atoms with E-state index in [2.05, 4.69) is 40.5 Å². The molecule has 4 bridgehead atoms. The van der Waals surface area contributed by atoms with Crippen LogP contribution in [0.2, 0.25) is 0 Å². The topological polar surface area (TPSA) is 52.6 Å². The third kappa shape index (κ3) is 3.31. The maximum atomic E-state index is 12.9. The van der Waals surface area contributed by atoms with Crippen molar-refractivity contribution in [3.05, 3.63) is 35.9 Å². The number of piperidine rings is 1. The van der Waals surface area contributed by atoms with Gasteiger partial charge in [-0.25, -0.2) is 0 Å². The Kier molecular flexibility index (Phi) is 4.32. The summed E-state index contributed by atoms with van der Waals surface area (Å²) in [5.41, 5.74) is 1.77. The predicted octanol–water partition coefficient (Wildman–Crippen LogP) is 2.85. The van der Waals surface area contributed by atoms with Crippen LogP contribution in [0.5, 0.6) is 0 Å². The molecule has 1 amide bonds. The predicted molar refractivity (Wildman–Crippen MR) is 105 cm³/mol. The van der Waals surface area contributed by atoms with Crippen molar-refractivity contribution in [1.29, 1.82) is 0 Å². The summed E-state index contributed by atoms with van der Waals surface area (Å²) < 4.78 is 0. The Morgan fingerprint density at radius 1 is 1.07 bits per heavy atom. The molecule has 4 atom stereocenters. The lowest BCUT2D eigenvalue weighted by molar-refractivity contribution is -0.129. The van der Waals surface area contributed by atoms with Crippen LogP contribution >= 0.6 is 0 Å². The summed E-state index contributed by atoms with van der Waals surface area (Å²) in [7, 11) is 0. The molecule has 4 nitrogen and oxygen atoms in total. The van der Waals surface area contributed by atoms with Gasteiger partial charge in [-0.05, 0) is 74.2 Å². The Hall–Kier alpha value is -1.39. The molecule has 5 fully saturated rings. The van der Waals surface area contributed by atoms with Crippen LogP contribution in [0.25, 0.3) is 0 Å². The molecule has 1 aliphatic heterocycles. The third-order valence-corrected chi connectivity index (χ3v) is 7.78. The molecule has 4 heteroatoms. The Morgan fingerprint density at radius 2 is 1.74 bits per heavy atom. The number of aliphatic hydroxyl groups excluding tert-OH is 1. The van der Waals surface area contributed by atoms with Crippen LogP contribution in [0, 0.1) is 11.8 Å². The molecular weight excluding hydrogens is 336 g/mol. The van der Waals surface area contributed by atoms with Crippen LogP contribution in [0.3, 0.4) is 0 Å². The number of benzene rings is 1. The molecule has 0 spiro atoms. The van der Waals surface area contributed by atoms with Gasteiger partial charge in [-0.3, -0.25) is 9.69 Å². The largest absolute Gasteiger partial charge is 0.393 e. The molecular formula is C23H32N2O2. The molecule has 1 heterocycles. The average molecular weight is 369 g/mol. The van der Waals surface area contributed by atoms with E-state index < -0.39 is 0 Å². The first-order valence-corrected chi connectivity index (χ1v) is 10.8. The normalized spacial score (nSPS) is 38.9. The number of hydrogen-bond acceptors (Lipinski definition) is 3. The van der Waals surface area contributed by atoms with Crippen molar-refractivity contribution < 1.29 is 9.90 Å². The number of carbonyl (C=O) groups excluding carboxylic acids is 1. The van der Waals surface area contributed by atoms with E-state index in [1.54, 1.807) is 0 Å². The quantitative estimate of drug-likeness (QED) is 0.859. The SMILES string of the molecule is O=C(CN1CCC(O)CC1)NC12C[C@H]3C[C@@H](C1)CC(c1ccccc1)(C3)C2. The fraction of sp³-hybridized carbons (Fsp3) is 0.696. The van der Waals surface area contributed by atoms with Gasteiger partial charge < -0.3 is 10.4 Å². The van der Waals surface area contributed by atoms with E-state index in [-0.39, 0.29) is 23.0 Å². The van der Waals surface area contributed by atoms with Gasteiger partial charge in [0.05, 0.1) is 12.6 Å².